The number of nitrogens with one attached hydrogen (secondary N) is 1. The van der Waals surface area contributed by atoms with Crippen LogP contribution in [0.4, 0.5) is 0 Å². The minimum absolute atomic E-state index is 0.320. The van der Waals surface area contributed by atoms with Crippen LogP contribution in [0.1, 0.15) is 44.6 Å². The van der Waals surface area contributed by atoms with E-state index in [0.29, 0.717) is 21.4 Å². The molecule has 0 bridgehead atoms. The van der Waals surface area contributed by atoms with Crippen molar-refractivity contribution in [3.05, 3.63) is 33.8 Å². The Morgan fingerprint density at radius 3 is 2.59 bits per heavy atom. The number of benzene rings is 1. The Hall–Kier alpha value is -0.280. The first-order valence-electron chi connectivity index (χ1n) is 8.22. The van der Waals surface area contributed by atoms with Crippen molar-refractivity contribution in [2.45, 2.75) is 44.4 Å². The minimum Gasteiger partial charge on any atom is -0.383 e. The molecule has 1 aliphatic carbocycles. The average Bonchev–Trinajstić information content (AvgIpc) is 2.46. The number of rotatable bonds is 9. The molecule has 2 rings (SSSR count). The van der Waals surface area contributed by atoms with Gasteiger partial charge in [0.1, 0.15) is 0 Å². The van der Waals surface area contributed by atoms with Crippen molar-refractivity contribution < 1.29 is 4.74 Å². The molecule has 0 heterocycles. The Labute approximate surface area is 144 Å². The maximum Gasteiger partial charge on any atom is 0.0595 e. The first-order chi connectivity index (χ1) is 10.6. The molecule has 0 saturated heterocycles. The molecule has 1 atom stereocenters. The van der Waals surface area contributed by atoms with Gasteiger partial charge in [0.15, 0.2) is 0 Å². The van der Waals surface area contributed by atoms with E-state index in [2.05, 4.69) is 24.4 Å². The second-order valence-electron chi connectivity index (χ2n) is 6.60. The van der Waals surface area contributed by atoms with E-state index in [1.54, 1.807) is 7.11 Å². The zero-order chi connectivity index (χ0) is 16.0. The van der Waals surface area contributed by atoms with Gasteiger partial charge in [-0.3, -0.25) is 0 Å². The average molecular weight is 344 g/mol. The quantitative estimate of drug-likeness (QED) is 0.632. The van der Waals surface area contributed by atoms with E-state index in [1.807, 2.05) is 6.07 Å². The molecule has 0 aliphatic heterocycles. The largest absolute Gasteiger partial charge is 0.383 e. The predicted molar refractivity (Wildman–Crippen MR) is 95.1 cm³/mol. The monoisotopic (exact) mass is 343 g/mol. The highest BCUT2D eigenvalue weighted by atomic mass is 35.5. The fourth-order valence-corrected chi connectivity index (χ4v) is 3.76. The third-order valence-electron chi connectivity index (χ3n) is 4.88. The molecule has 1 fully saturated rings. The molecule has 2 nitrogen and oxygen atoms in total. The Morgan fingerprint density at radius 2 is 2.00 bits per heavy atom. The maximum atomic E-state index is 6.22. The van der Waals surface area contributed by atoms with E-state index in [4.69, 9.17) is 27.9 Å². The van der Waals surface area contributed by atoms with Crippen molar-refractivity contribution in [2.24, 2.45) is 5.92 Å². The van der Waals surface area contributed by atoms with Gasteiger partial charge in [0.25, 0.3) is 0 Å². The predicted octanol–water partition coefficient (Wildman–Crippen LogP) is 5.07. The van der Waals surface area contributed by atoms with Gasteiger partial charge in [0, 0.05) is 13.7 Å². The number of methoxy groups -OCH3 is 1. The molecule has 1 unspecified atom stereocenters. The van der Waals surface area contributed by atoms with Gasteiger partial charge in [0.05, 0.1) is 16.7 Å². The molecule has 1 N–H and O–H groups in total. The molecule has 22 heavy (non-hydrogen) atoms. The number of halogens is 2. The van der Waals surface area contributed by atoms with Crippen LogP contribution < -0.4 is 5.32 Å². The summed E-state index contributed by atoms with van der Waals surface area (Å²) in [7, 11) is 1.74. The van der Waals surface area contributed by atoms with Gasteiger partial charge >= 0.3 is 0 Å². The zero-order valence-electron chi connectivity index (χ0n) is 13.6. The molecule has 0 amide bonds. The molecule has 4 heteroatoms. The normalized spacial score (nSPS) is 18.0. The van der Waals surface area contributed by atoms with Crippen molar-refractivity contribution in [1.29, 1.82) is 0 Å². The highest BCUT2D eigenvalue weighted by Crippen LogP contribution is 2.49. The van der Waals surface area contributed by atoms with E-state index in [0.717, 1.165) is 19.7 Å². The summed E-state index contributed by atoms with van der Waals surface area (Å²) >= 11 is 12.3. The van der Waals surface area contributed by atoms with E-state index < -0.39 is 0 Å². The Morgan fingerprint density at radius 1 is 1.23 bits per heavy atom. The highest BCUT2D eigenvalue weighted by Gasteiger charge is 2.39. The lowest BCUT2D eigenvalue weighted by molar-refractivity contribution is 0.185. The minimum atomic E-state index is 0.320. The fraction of sp³-hybridized carbons (Fsp3) is 0.667. The molecule has 0 aromatic heterocycles. The summed E-state index contributed by atoms with van der Waals surface area (Å²) in [4.78, 5) is 0. The summed E-state index contributed by atoms with van der Waals surface area (Å²) in [5.41, 5.74) is 1.69. The molecule has 0 radical (unpaired) electrons. The van der Waals surface area contributed by atoms with E-state index in [1.165, 1.54) is 37.7 Å². The van der Waals surface area contributed by atoms with Crippen molar-refractivity contribution in [2.75, 3.05) is 26.8 Å². The van der Waals surface area contributed by atoms with Gasteiger partial charge in [-0.15, -0.1) is 0 Å². The van der Waals surface area contributed by atoms with Crippen LogP contribution in [0.25, 0.3) is 0 Å². The van der Waals surface area contributed by atoms with Crippen LogP contribution in [0.5, 0.6) is 0 Å². The molecule has 124 valence electrons. The van der Waals surface area contributed by atoms with Gasteiger partial charge in [0.2, 0.25) is 0 Å². The van der Waals surface area contributed by atoms with Crippen LogP contribution in [0.2, 0.25) is 10.0 Å². The van der Waals surface area contributed by atoms with Crippen LogP contribution in [0.15, 0.2) is 18.2 Å². The van der Waals surface area contributed by atoms with Crippen LogP contribution >= 0.6 is 23.2 Å². The molecule has 1 aliphatic rings. The van der Waals surface area contributed by atoms with Crippen molar-refractivity contribution >= 4 is 23.2 Å². The van der Waals surface area contributed by atoms with E-state index in [9.17, 15) is 0 Å². The lowest BCUT2D eigenvalue weighted by Gasteiger charge is -2.44. The van der Waals surface area contributed by atoms with Gasteiger partial charge < -0.3 is 10.1 Å². The summed E-state index contributed by atoms with van der Waals surface area (Å²) < 4.78 is 5.05. The molecule has 1 aromatic rings. The van der Waals surface area contributed by atoms with Gasteiger partial charge in [-0.05, 0) is 61.3 Å². The Bertz CT molecular complexity index is 474. The molecular formula is C18H27Cl2NO. The van der Waals surface area contributed by atoms with Crippen molar-refractivity contribution in [3.63, 3.8) is 0 Å². The van der Waals surface area contributed by atoms with Crippen molar-refractivity contribution in [1.82, 2.24) is 5.32 Å². The topological polar surface area (TPSA) is 21.3 Å². The van der Waals surface area contributed by atoms with Gasteiger partial charge in [-0.1, -0.05) is 42.6 Å². The van der Waals surface area contributed by atoms with Crippen LogP contribution in [-0.2, 0) is 10.2 Å². The standard InChI is InChI=1S/C18H27Cl2NO/c1-14(6-9-21-10-11-22-2)13-18(7-3-8-18)15-4-5-16(19)17(20)12-15/h4-5,12,14,21H,3,6-11,13H2,1-2H3. The fourth-order valence-electron chi connectivity index (χ4n) is 3.46. The molecule has 1 saturated carbocycles. The second kappa shape index (κ2) is 8.54. The number of ether oxygens (including phenoxy) is 1. The number of hydrogen-bond acceptors (Lipinski definition) is 2. The summed E-state index contributed by atoms with van der Waals surface area (Å²) in [6.07, 6.45) is 6.29. The molecular weight excluding hydrogens is 317 g/mol. The van der Waals surface area contributed by atoms with E-state index in [-0.39, 0.29) is 0 Å². The third-order valence-corrected chi connectivity index (χ3v) is 5.62. The first-order valence-corrected chi connectivity index (χ1v) is 8.98. The zero-order valence-corrected chi connectivity index (χ0v) is 15.1. The SMILES string of the molecule is COCCNCCC(C)CC1(c2ccc(Cl)c(Cl)c2)CCC1. The van der Waals surface area contributed by atoms with Crippen molar-refractivity contribution in [3.8, 4) is 0 Å². The van der Waals surface area contributed by atoms with Crippen LogP contribution in [0.3, 0.4) is 0 Å². The Balaban J connectivity index is 1.89. The summed E-state index contributed by atoms with van der Waals surface area (Å²) in [5, 5.41) is 4.76. The molecule has 1 aromatic carbocycles. The highest BCUT2D eigenvalue weighted by molar-refractivity contribution is 6.42. The van der Waals surface area contributed by atoms with Crippen LogP contribution in [-0.4, -0.2) is 26.8 Å². The summed E-state index contributed by atoms with van der Waals surface area (Å²) in [6, 6.07) is 6.18. The lowest BCUT2D eigenvalue weighted by Crippen LogP contribution is -2.36. The smallest absolute Gasteiger partial charge is 0.0595 e. The maximum absolute atomic E-state index is 6.22. The lowest BCUT2D eigenvalue weighted by atomic mass is 9.60. The molecule has 0 spiro atoms. The summed E-state index contributed by atoms with van der Waals surface area (Å²) in [5.74, 6) is 0.699. The number of hydrogen-bond donors (Lipinski definition) is 1. The van der Waals surface area contributed by atoms with E-state index >= 15 is 0 Å². The second-order valence-corrected chi connectivity index (χ2v) is 7.42. The first kappa shape index (κ1) is 18.1. The van der Waals surface area contributed by atoms with Crippen LogP contribution in [0, 0.1) is 5.92 Å². The Kier molecular flexibility index (Phi) is 7.01. The van der Waals surface area contributed by atoms with Gasteiger partial charge in [-0.2, -0.15) is 0 Å². The van der Waals surface area contributed by atoms with Gasteiger partial charge in [-0.25, -0.2) is 0 Å². The summed E-state index contributed by atoms with van der Waals surface area (Å²) in [6.45, 7) is 5.13. The third kappa shape index (κ3) is 4.61.